The number of rotatable bonds is 8. The van der Waals surface area contributed by atoms with E-state index in [1.165, 1.54) is 24.3 Å². The van der Waals surface area contributed by atoms with Crippen molar-refractivity contribution in [3.63, 3.8) is 0 Å². The molecule has 0 unspecified atom stereocenters. The summed E-state index contributed by atoms with van der Waals surface area (Å²) in [6, 6.07) is 8.83. The third kappa shape index (κ3) is 6.21. The molecule has 0 spiro atoms. The second kappa shape index (κ2) is 10.6. The number of aryl methyl sites for hydroxylation is 1. The van der Waals surface area contributed by atoms with Crippen LogP contribution in [-0.4, -0.2) is 37.3 Å². The van der Waals surface area contributed by atoms with Gasteiger partial charge in [0, 0.05) is 24.7 Å². The molecule has 0 atom stereocenters. The first kappa shape index (κ1) is 24.5. The first-order valence-corrected chi connectivity index (χ1v) is 11.2. The predicted molar refractivity (Wildman–Crippen MR) is 126 cm³/mol. The molecule has 0 aliphatic carbocycles. The molecule has 172 valence electrons. The van der Waals surface area contributed by atoms with Crippen LogP contribution in [0.1, 0.15) is 21.7 Å². The number of non-ortho nitro benzene ring substituents is 1. The molecule has 1 heterocycles. The van der Waals surface area contributed by atoms with Crippen molar-refractivity contribution in [3.05, 3.63) is 73.5 Å². The van der Waals surface area contributed by atoms with Crippen LogP contribution in [0.25, 0.3) is 0 Å². The number of halogens is 2. The molecule has 0 saturated carbocycles. The zero-order valence-corrected chi connectivity index (χ0v) is 19.8. The van der Waals surface area contributed by atoms with E-state index >= 15 is 0 Å². The highest BCUT2D eigenvalue weighted by Gasteiger charge is 2.15. The van der Waals surface area contributed by atoms with Crippen LogP contribution in [0.3, 0.4) is 0 Å². The molecule has 0 aliphatic heterocycles. The highest BCUT2D eigenvalue weighted by molar-refractivity contribution is 7.99. The van der Waals surface area contributed by atoms with Gasteiger partial charge in [-0.15, -0.1) is 10.2 Å². The van der Waals surface area contributed by atoms with Gasteiger partial charge < -0.3 is 15.2 Å². The van der Waals surface area contributed by atoms with Gasteiger partial charge in [-0.3, -0.25) is 19.7 Å². The van der Waals surface area contributed by atoms with Gasteiger partial charge in [-0.2, -0.15) is 0 Å². The Morgan fingerprint density at radius 1 is 1.15 bits per heavy atom. The molecule has 2 aromatic carbocycles. The summed E-state index contributed by atoms with van der Waals surface area (Å²) < 4.78 is 1.66. The summed E-state index contributed by atoms with van der Waals surface area (Å²) in [7, 11) is 1.71. The zero-order valence-electron chi connectivity index (χ0n) is 17.5. The van der Waals surface area contributed by atoms with Gasteiger partial charge in [0.15, 0.2) is 11.0 Å². The fourth-order valence-corrected chi connectivity index (χ4v) is 3.73. The number of nitro groups is 1. The summed E-state index contributed by atoms with van der Waals surface area (Å²) >= 11 is 12.9. The second-order valence-corrected chi connectivity index (χ2v) is 8.62. The molecule has 2 N–H and O–H groups in total. The Morgan fingerprint density at radius 2 is 1.91 bits per heavy atom. The number of nitro benzene ring substituents is 1. The number of hydrogen-bond acceptors (Lipinski definition) is 7. The maximum atomic E-state index is 12.3. The van der Waals surface area contributed by atoms with Gasteiger partial charge >= 0.3 is 0 Å². The minimum atomic E-state index is -0.523. The average Bonchev–Trinajstić information content (AvgIpc) is 3.13. The Balaban J connectivity index is 1.56. The maximum Gasteiger partial charge on any atom is 0.271 e. The molecule has 0 saturated heterocycles. The monoisotopic (exact) mass is 508 g/mol. The van der Waals surface area contributed by atoms with E-state index in [1.807, 2.05) is 0 Å². The third-order valence-electron chi connectivity index (χ3n) is 4.55. The zero-order chi connectivity index (χ0) is 24.1. The number of hydrogen-bond donors (Lipinski definition) is 2. The van der Waals surface area contributed by atoms with Crippen LogP contribution in [0.2, 0.25) is 10.0 Å². The van der Waals surface area contributed by atoms with Gasteiger partial charge in [0.25, 0.3) is 11.6 Å². The molecular weight excluding hydrogens is 491 g/mol. The topological polar surface area (TPSA) is 132 Å². The molecule has 3 aromatic rings. The van der Waals surface area contributed by atoms with Gasteiger partial charge in [0.05, 0.1) is 33.0 Å². The van der Waals surface area contributed by atoms with Crippen molar-refractivity contribution >= 4 is 58.2 Å². The molecule has 0 bridgehead atoms. The quantitative estimate of drug-likeness (QED) is 0.267. The van der Waals surface area contributed by atoms with Gasteiger partial charge in [0.2, 0.25) is 5.91 Å². The fraction of sp³-hybridized carbons (Fsp3) is 0.200. The van der Waals surface area contributed by atoms with Gasteiger partial charge in [-0.1, -0.05) is 41.0 Å². The van der Waals surface area contributed by atoms with Crippen LogP contribution in [0, 0.1) is 17.0 Å². The number of benzene rings is 2. The third-order valence-corrected chi connectivity index (χ3v) is 6.31. The molecule has 2 amide bonds. The summed E-state index contributed by atoms with van der Waals surface area (Å²) in [5.41, 5.74) is 1.33. The standard InChI is InChI=1S/C20H18Cl2N6O4S/c1-11-3-5-13(28(31)32)8-16(11)24-18(29)10-33-20-26-25-17(27(20)2)9-23-19(30)12-4-6-14(21)15(22)7-12/h3-8H,9-10H2,1-2H3,(H,23,30)(H,24,29). The van der Waals surface area contributed by atoms with E-state index in [2.05, 4.69) is 20.8 Å². The van der Waals surface area contributed by atoms with Crippen molar-refractivity contribution in [1.82, 2.24) is 20.1 Å². The summed E-state index contributed by atoms with van der Waals surface area (Å²) in [5.74, 6) is -0.191. The van der Waals surface area contributed by atoms with E-state index in [1.54, 1.807) is 30.7 Å². The summed E-state index contributed by atoms with van der Waals surface area (Å²) in [5, 5.41) is 25.5. The van der Waals surface area contributed by atoms with Crippen molar-refractivity contribution in [2.45, 2.75) is 18.6 Å². The van der Waals surface area contributed by atoms with Crippen molar-refractivity contribution < 1.29 is 14.5 Å². The number of thioether (sulfide) groups is 1. The highest BCUT2D eigenvalue weighted by atomic mass is 35.5. The van der Waals surface area contributed by atoms with E-state index in [0.29, 0.717) is 32.8 Å². The smallest absolute Gasteiger partial charge is 0.271 e. The molecule has 13 heteroatoms. The van der Waals surface area contributed by atoms with Gasteiger partial charge in [-0.25, -0.2) is 0 Å². The fourth-order valence-electron chi connectivity index (χ4n) is 2.70. The molecule has 33 heavy (non-hydrogen) atoms. The molecule has 1 aromatic heterocycles. The van der Waals surface area contributed by atoms with Crippen molar-refractivity contribution in [2.24, 2.45) is 7.05 Å². The SMILES string of the molecule is Cc1ccc([N+](=O)[O-])cc1NC(=O)CSc1nnc(CNC(=O)c2ccc(Cl)c(Cl)c2)n1C. The van der Waals surface area contributed by atoms with Gasteiger partial charge in [-0.05, 0) is 30.7 Å². The number of anilines is 1. The molecule has 10 nitrogen and oxygen atoms in total. The van der Waals surface area contributed by atoms with E-state index in [0.717, 1.165) is 11.8 Å². The van der Waals surface area contributed by atoms with E-state index < -0.39 is 4.92 Å². The molecular formula is C20H18Cl2N6O4S. The lowest BCUT2D eigenvalue weighted by atomic mass is 10.2. The minimum absolute atomic E-state index is 0.0176. The van der Waals surface area contributed by atoms with Crippen LogP contribution in [0.15, 0.2) is 41.6 Å². The Kier molecular flexibility index (Phi) is 7.90. The van der Waals surface area contributed by atoms with E-state index in [4.69, 9.17) is 23.2 Å². The number of carbonyl (C=O) groups is 2. The minimum Gasteiger partial charge on any atom is -0.345 e. The van der Waals surface area contributed by atoms with Crippen LogP contribution in [0.5, 0.6) is 0 Å². The molecule has 0 radical (unpaired) electrons. The number of aromatic nitrogens is 3. The summed E-state index contributed by atoms with van der Waals surface area (Å²) in [6.07, 6.45) is 0. The number of nitrogens with zero attached hydrogens (tertiary/aromatic N) is 4. The summed E-state index contributed by atoms with van der Waals surface area (Å²) in [6.45, 7) is 1.86. The van der Waals surface area contributed by atoms with E-state index in [-0.39, 0.29) is 34.8 Å². The summed E-state index contributed by atoms with van der Waals surface area (Å²) in [4.78, 5) is 35.1. The lowest BCUT2D eigenvalue weighted by molar-refractivity contribution is -0.384. The van der Waals surface area contributed by atoms with Crippen LogP contribution < -0.4 is 10.6 Å². The first-order valence-electron chi connectivity index (χ1n) is 9.45. The van der Waals surface area contributed by atoms with Gasteiger partial charge in [0.1, 0.15) is 0 Å². The Hall–Kier alpha value is -3.15. The maximum absolute atomic E-state index is 12.3. The lowest BCUT2D eigenvalue weighted by Gasteiger charge is -2.08. The molecule has 0 fully saturated rings. The normalized spacial score (nSPS) is 10.7. The van der Waals surface area contributed by atoms with Crippen molar-refractivity contribution in [3.8, 4) is 0 Å². The predicted octanol–water partition coefficient (Wildman–Crippen LogP) is 4.00. The Morgan fingerprint density at radius 3 is 2.61 bits per heavy atom. The lowest BCUT2D eigenvalue weighted by Crippen LogP contribution is -2.24. The van der Waals surface area contributed by atoms with Crippen molar-refractivity contribution in [1.29, 1.82) is 0 Å². The van der Waals surface area contributed by atoms with Crippen LogP contribution in [-0.2, 0) is 18.4 Å². The number of amides is 2. The second-order valence-electron chi connectivity index (χ2n) is 6.86. The van der Waals surface area contributed by atoms with Crippen LogP contribution in [0.4, 0.5) is 11.4 Å². The van der Waals surface area contributed by atoms with Crippen LogP contribution >= 0.6 is 35.0 Å². The Labute approximate surface area is 202 Å². The van der Waals surface area contributed by atoms with E-state index in [9.17, 15) is 19.7 Å². The highest BCUT2D eigenvalue weighted by Crippen LogP contribution is 2.24. The first-order chi connectivity index (χ1) is 15.7. The number of nitrogens with one attached hydrogen (secondary N) is 2. The molecule has 3 rings (SSSR count). The average molecular weight is 509 g/mol. The Bertz CT molecular complexity index is 1230. The van der Waals surface area contributed by atoms with Crippen molar-refractivity contribution in [2.75, 3.05) is 11.1 Å². The number of carbonyl (C=O) groups excluding carboxylic acids is 2. The largest absolute Gasteiger partial charge is 0.345 e. The molecule has 0 aliphatic rings.